The zero-order valence-corrected chi connectivity index (χ0v) is 13.3. The molecule has 0 unspecified atom stereocenters. The van der Waals surface area contributed by atoms with E-state index >= 15 is 0 Å². The predicted molar refractivity (Wildman–Crippen MR) is 86.2 cm³/mol. The third-order valence-electron chi connectivity index (χ3n) is 2.81. The fraction of sp³-hybridized carbons (Fsp3) is 0.188. The van der Waals surface area contributed by atoms with Gasteiger partial charge in [0.05, 0.1) is 5.02 Å². The Morgan fingerprint density at radius 3 is 2.39 bits per heavy atom. The van der Waals surface area contributed by atoms with E-state index in [0.29, 0.717) is 5.69 Å². The van der Waals surface area contributed by atoms with Crippen molar-refractivity contribution < 1.29 is 14.0 Å². The fourth-order valence-electron chi connectivity index (χ4n) is 1.79. The van der Waals surface area contributed by atoms with Crippen molar-refractivity contribution in [2.24, 2.45) is 0 Å². The van der Waals surface area contributed by atoms with Gasteiger partial charge in [-0.1, -0.05) is 17.7 Å². The Morgan fingerprint density at radius 1 is 1.13 bits per heavy atom. The van der Waals surface area contributed by atoms with Crippen LogP contribution in [-0.4, -0.2) is 22.8 Å². The Bertz CT molecular complexity index is 750. The van der Waals surface area contributed by atoms with Crippen LogP contribution in [-0.2, 0) is 0 Å². The molecule has 0 spiro atoms. The van der Waals surface area contributed by atoms with Crippen LogP contribution in [0.1, 0.15) is 34.8 Å². The van der Waals surface area contributed by atoms with Gasteiger partial charge in [0.1, 0.15) is 17.2 Å². The summed E-state index contributed by atoms with van der Waals surface area (Å²) in [6.45, 7) is 3.65. The van der Waals surface area contributed by atoms with E-state index in [2.05, 4.69) is 15.6 Å². The molecule has 1 heterocycles. The van der Waals surface area contributed by atoms with Gasteiger partial charge in [-0.2, -0.15) is 0 Å². The molecule has 0 aliphatic carbocycles. The third kappa shape index (κ3) is 4.50. The highest BCUT2D eigenvalue weighted by atomic mass is 35.5. The summed E-state index contributed by atoms with van der Waals surface area (Å²) in [5, 5.41) is 5.15. The molecule has 5 nitrogen and oxygen atoms in total. The number of halogens is 2. The highest BCUT2D eigenvalue weighted by Gasteiger charge is 2.13. The van der Waals surface area contributed by atoms with Crippen molar-refractivity contribution in [1.82, 2.24) is 10.3 Å². The van der Waals surface area contributed by atoms with Gasteiger partial charge in [0.15, 0.2) is 0 Å². The Morgan fingerprint density at radius 2 is 1.78 bits per heavy atom. The minimum absolute atomic E-state index is 0.0388. The van der Waals surface area contributed by atoms with E-state index in [-0.39, 0.29) is 28.4 Å². The molecule has 0 bridgehead atoms. The van der Waals surface area contributed by atoms with Crippen molar-refractivity contribution >= 4 is 29.1 Å². The minimum Gasteiger partial charge on any atom is -0.349 e. The third-order valence-corrected chi connectivity index (χ3v) is 3.10. The normalized spacial score (nSPS) is 10.5. The van der Waals surface area contributed by atoms with Crippen LogP contribution in [0.25, 0.3) is 0 Å². The van der Waals surface area contributed by atoms with E-state index in [1.807, 2.05) is 13.8 Å². The van der Waals surface area contributed by atoms with Crippen LogP contribution < -0.4 is 10.6 Å². The van der Waals surface area contributed by atoms with E-state index < -0.39 is 11.7 Å². The van der Waals surface area contributed by atoms with Crippen molar-refractivity contribution in [3.63, 3.8) is 0 Å². The number of rotatable bonds is 4. The number of carbonyl (C=O) groups is 2. The number of nitrogens with zero attached hydrogens (tertiary/aromatic N) is 1. The number of hydrogen-bond acceptors (Lipinski definition) is 3. The molecule has 1 aromatic carbocycles. The molecular weight excluding hydrogens is 321 g/mol. The first kappa shape index (κ1) is 16.9. The van der Waals surface area contributed by atoms with Gasteiger partial charge in [-0.15, -0.1) is 0 Å². The summed E-state index contributed by atoms with van der Waals surface area (Å²) >= 11 is 5.66. The number of benzene rings is 1. The van der Waals surface area contributed by atoms with Gasteiger partial charge in [0.25, 0.3) is 11.8 Å². The molecule has 2 aromatic rings. The number of amides is 2. The SMILES string of the molecule is CC(C)NC(=O)c1cccc(C(=O)Nc2ccc(F)c(Cl)c2)n1. The standard InChI is InChI=1S/C16H15ClFN3O2/c1-9(2)19-15(22)13-4-3-5-14(21-13)16(23)20-10-6-7-12(18)11(17)8-10/h3-9H,1-2H3,(H,19,22)(H,20,23). The Kier molecular flexibility index (Phi) is 5.28. The average Bonchev–Trinajstić information content (AvgIpc) is 2.50. The number of carbonyl (C=O) groups excluding carboxylic acids is 2. The molecule has 23 heavy (non-hydrogen) atoms. The second-order valence-corrected chi connectivity index (χ2v) is 5.53. The molecule has 7 heteroatoms. The van der Waals surface area contributed by atoms with Crippen molar-refractivity contribution in [3.8, 4) is 0 Å². The summed E-state index contributed by atoms with van der Waals surface area (Å²) in [5.74, 6) is -1.46. The zero-order valence-electron chi connectivity index (χ0n) is 12.6. The largest absolute Gasteiger partial charge is 0.349 e. The monoisotopic (exact) mass is 335 g/mol. The van der Waals surface area contributed by atoms with Crippen LogP contribution in [0.4, 0.5) is 10.1 Å². The quantitative estimate of drug-likeness (QED) is 0.900. The summed E-state index contributed by atoms with van der Waals surface area (Å²) in [6, 6.07) is 8.35. The second kappa shape index (κ2) is 7.19. The number of anilines is 1. The first-order chi connectivity index (χ1) is 10.9. The minimum atomic E-state index is -0.574. The summed E-state index contributed by atoms with van der Waals surface area (Å²) in [5.41, 5.74) is 0.547. The summed E-state index contributed by atoms with van der Waals surface area (Å²) < 4.78 is 13.1. The van der Waals surface area contributed by atoms with Gasteiger partial charge in [-0.25, -0.2) is 9.37 Å². The lowest BCUT2D eigenvalue weighted by Gasteiger charge is -2.09. The van der Waals surface area contributed by atoms with E-state index in [1.54, 1.807) is 6.07 Å². The number of pyridine rings is 1. The fourth-order valence-corrected chi connectivity index (χ4v) is 1.97. The van der Waals surface area contributed by atoms with Gasteiger partial charge in [-0.3, -0.25) is 9.59 Å². The number of hydrogen-bond donors (Lipinski definition) is 2. The predicted octanol–water partition coefficient (Wildman–Crippen LogP) is 3.26. The Hall–Kier alpha value is -2.47. The van der Waals surface area contributed by atoms with Crippen molar-refractivity contribution in [1.29, 1.82) is 0 Å². The lowest BCUT2D eigenvalue weighted by molar-refractivity contribution is 0.0938. The maximum atomic E-state index is 13.1. The van der Waals surface area contributed by atoms with Gasteiger partial charge in [0, 0.05) is 11.7 Å². The molecule has 0 radical (unpaired) electrons. The number of aromatic nitrogens is 1. The maximum absolute atomic E-state index is 13.1. The van der Waals surface area contributed by atoms with E-state index in [1.165, 1.54) is 24.3 Å². The molecule has 120 valence electrons. The van der Waals surface area contributed by atoms with Crippen LogP contribution in [0.2, 0.25) is 5.02 Å². The highest BCUT2D eigenvalue weighted by Crippen LogP contribution is 2.19. The molecule has 0 aliphatic heterocycles. The highest BCUT2D eigenvalue weighted by molar-refractivity contribution is 6.31. The van der Waals surface area contributed by atoms with Crippen LogP contribution >= 0.6 is 11.6 Å². The molecular formula is C16H15ClFN3O2. The maximum Gasteiger partial charge on any atom is 0.274 e. The van der Waals surface area contributed by atoms with Crippen molar-refractivity contribution in [2.45, 2.75) is 19.9 Å². The molecule has 0 saturated heterocycles. The van der Waals surface area contributed by atoms with Crippen LogP contribution in [0.15, 0.2) is 36.4 Å². The van der Waals surface area contributed by atoms with Crippen molar-refractivity contribution in [3.05, 3.63) is 58.6 Å². The van der Waals surface area contributed by atoms with Gasteiger partial charge in [0.2, 0.25) is 0 Å². The second-order valence-electron chi connectivity index (χ2n) is 5.12. The lowest BCUT2D eigenvalue weighted by atomic mass is 10.2. The molecule has 0 aliphatic rings. The number of nitrogens with one attached hydrogen (secondary N) is 2. The van der Waals surface area contributed by atoms with Crippen molar-refractivity contribution in [2.75, 3.05) is 5.32 Å². The van der Waals surface area contributed by atoms with Crippen LogP contribution in [0.5, 0.6) is 0 Å². The molecule has 0 saturated carbocycles. The van der Waals surface area contributed by atoms with E-state index in [4.69, 9.17) is 11.6 Å². The lowest BCUT2D eigenvalue weighted by Crippen LogP contribution is -2.31. The topological polar surface area (TPSA) is 71.1 Å². The van der Waals surface area contributed by atoms with E-state index in [9.17, 15) is 14.0 Å². The average molecular weight is 336 g/mol. The Labute approximate surface area is 137 Å². The smallest absolute Gasteiger partial charge is 0.274 e. The first-order valence-corrected chi connectivity index (χ1v) is 7.29. The van der Waals surface area contributed by atoms with Crippen LogP contribution in [0.3, 0.4) is 0 Å². The molecule has 2 N–H and O–H groups in total. The molecule has 0 atom stereocenters. The van der Waals surface area contributed by atoms with Gasteiger partial charge in [-0.05, 0) is 44.2 Å². The van der Waals surface area contributed by atoms with Gasteiger partial charge >= 0.3 is 0 Å². The Balaban J connectivity index is 2.16. The molecule has 1 aromatic heterocycles. The van der Waals surface area contributed by atoms with Gasteiger partial charge < -0.3 is 10.6 Å². The zero-order chi connectivity index (χ0) is 17.0. The van der Waals surface area contributed by atoms with E-state index in [0.717, 1.165) is 6.07 Å². The summed E-state index contributed by atoms with van der Waals surface area (Å²) in [4.78, 5) is 28.1. The summed E-state index contributed by atoms with van der Waals surface area (Å²) in [7, 11) is 0. The van der Waals surface area contributed by atoms with Crippen LogP contribution in [0, 0.1) is 5.82 Å². The molecule has 2 amide bonds. The summed E-state index contributed by atoms with van der Waals surface area (Å²) in [6.07, 6.45) is 0. The first-order valence-electron chi connectivity index (χ1n) is 6.91. The molecule has 0 fully saturated rings. The molecule has 2 rings (SSSR count).